The lowest BCUT2D eigenvalue weighted by Crippen LogP contribution is -2.37. The molecule has 134 valence electrons. The normalized spacial score (nSPS) is 29.8. The summed E-state index contributed by atoms with van der Waals surface area (Å²) in [6.07, 6.45) is 6.41. The van der Waals surface area contributed by atoms with Crippen LogP contribution >= 0.6 is 0 Å². The van der Waals surface area contributed by atoms with E-state index in [-0.39, 0.29) is 16.9 Å². The van der Waals surface area contributed by atoms with Crippen LogP contribution in [0.3, 0.4) is 0 Å². The number of unbranched alkanes of at least 4 members (excludes halogenated alkanes) is 1. The van der Waals surface area contributed by atoms with Crippen LogP contribution in [0.5, 0.6) is 0 Å². The number of nitrogens with zero attached hydrogens (tertiary/aromatic N) is 1. The molecule has 0 spiro atoms. The third-order valence-electron chi connectivity index (χ3n) is 5.72. The van der Waals surface area contributed by atoms with E-state index in [0.717, 1.165) is 38.5 Å². The molecular formula is C20H31NO2S. The van der Waals surface area contributed by atoms with Gasteiger partial charge in [-0.05, 0) is 60.6 Å². The quantitative estimate of drug-likeness (QED) is 0.778. The number of benzene rings is 1. The van der Waals surface area contributed by atoms with Crippen LogP contribution in [0.2, 0.25) is 0 Å². The van der Waals surface area contributed by atoms with Crippen molar-refractivity contribution in [2.24, 2.45) is 10.8 Å². The molecule has 3 rings (SSSR count). The van der Waals surface area contributed by atoms with Gasteiger partial charge in [-0.3, -0.25) is 0 Å². The van der Waals surface area contributed by atoms with Gasteiger partial charge in [0.1, 0.15) is 0 Å². The second-order valence-electron chi connectivity index (χ2n) is 9.01. The Balaban J connectivity index is 1.83. The van der Waals surface area contributed by atoms with Crippen molar-refractivity contribution in [2.75, 3.05) is 6.54 Å². The second-order valence-corrected chi connectivity index (χ2v) is 10.9. The number of hydrogen-bond donors (Lipinski definition) is 0. The Morgan fingerprint density at radius 1 is 1.12 bits per heavy atom. The first-order valence-electron chi connectivity index (χ1n) is 9.26. The van der Waals surface area contributed by atoms with Gasteiger partial charge in [0, 0.05) is 12.6 Å². The van der Waals surface area contributed by atoms with Crippen molar-refractivity contribution in [3.63, 3.8) is 0 Å². The van der Waals surface area contributed by atoms with Gasteiger partial charge in [0.15, 0.2) is 0 Å². The molecule has 1 saturated heterocycles. The van der Waals surface area contributed by atoms with Gasteiger partial charge in [-0.25, -0.2) is 8.42 Å². The largest absolute Gasteiger partial charge is 0.243 e. The van der Waals surface area contributed by atoms with Crippen LogP contribution in [0.25, 0.3) is 0 Å². The number of rotatable bonds is 5. The van der Waals surface area contributed by atoms with Crippen molar-refractivity contribution < 1.29 is 8.42 Å². The van der Waals surface area contributed by atoms with E-state index >= 15 is 0 Å². The number of fused-ring (bicyclic) bond motifs is 2. The van der Waals surface area contributed by atoms with Crippen LogP contribution in [-0.4, -0.2) is 25.3 Å². The van der Waals surface area contributed by atoms with Crippen LogP contribution in [0, 0.1) is 10.8 Å². The van der Waals surface area contributed by atoms with Crippen LogP contribution in [0.15, 0.2) is 29.2 Å². The van der Waals surface area contributed by atoms with Crippen LogP contribution in [-0.2, 0) is 16.4 Å². The molecule has 2 bridgehead atoms. The van der Waals surface area contributed by atoms with Crippen molar-refractivity contribution >= 4 is 10.0 Å². The highest BCUT2D eigenvalue weighted by Crippen LogP contribution is 2.53. The average Bonchev–Trinajstić information content (AvgIpc) is 2.75. The van der Waals surface area contributed by atoms with E-state index in [1.807, 2.05) is 12.1 Å². The lowest BCUT2D eigenvalue weighted by Gasteiger charge is -2.39. The summed E-state index contributed by atoms with van der Waals surface area (Å²) in [6, 6.07) is 7.72. The first kappa shape index (κ1) is 17.9. The summed E-state index contributed by atoms with van der Waals surface area (Å²) < 4.78 is 28.2. The van der Waals surface area contributed by atoms with Gasteiger partial charge >= 0.3 is 0 Å². The van der Waals surface area contributed by atoms with Crippen LogP contribution in [0.4, 0.5) is 0 Å². The van der Waals surface area contributed by atoms with E-state index in [1.54, 1.807) is 16.4 Å². The van der Waals surface area contributed by atoms with E-state index in [4.69, 9.17) is 0 Å². The highest BCUT2D eigenvalue weighted by atomic mass is 32.2. The van der Waals surface area contributed by atoms with Crippen molar-refractivity contribution in [2.45, 2.75) is 77.2 Å². The fraction of sp³-hybridized carbons (Fsp3) is 0.700. The van der Waals surface area contributed by atoms with Gasteiger partial charge in [0.25, 0.3) is 0 Å². The summed E-state index contributed by atoms with van der Waals surface area (Å²) in [6.45, 7) is 9.64. The molecule has 1 heterocycles. The Kier molecular flexibility index (Phi) is 4.59. The molecule has 3 nitrogen and oxygen atoms in total. The van der Waals surface area contributed by atoms with Gasteiger partial charge in [-0.15, -0.1) is 0 Å². The topological polar surface area (TPSA) is 37.4 Å². The fourth-order valence-electron chi connectivity index (χ4n) is 5.03. The summed E-state index contributed by atoms with van der Waals surface area (Å²) in [5, 5.41) is 0. The first-order valence-corrected chi connectivity index (χ1v) is 10.7. The summed E-state index contributed by atoms with van der Waals surface area (Å²) >= 11 is 0. The zero-order chi connectivity index (χ0) is 17.6. The molecule has 1 aliphatic heterocycles. The molecular weight excluding hydrogens is 318 g/mol. The molecule has 0 aromatic heterocycles. The average molecular weight is 350 g/mol. The predicted molar refractivity (Wildman–Crippen MR) is 98.5 cm³/mol. The van der Waals surface area contributed by atoms with Gasteiger partial charge in [-0.2, -0.15) is 4.31 Å². The molecule has 1 aromatic carbocycles. The molecule has 2 fully saturated rings. The van der Waals surface area contributed by atoms with Crippen molar-refractivity contribution in [1.29, 1.82) is 0 Å². The maximum atomic E-state index is 13.2. The van der Waals surface area contributed by atoms with E-state index in [9.17, 15) is 8.42 Å². The molecule has 4 heteroatoms. The van der Waals surface area contributed by atoms with Crippen molar-refractivity contribution in [1.82, 2.24) is 4.31 Å². The van der Waals surface area contributed by atoms with E-state index < -0.39 is 10.0 Å². The number of hydrogen-bond acceptors (Lipinski definition) is 2. The Morgan fingerprint density at radius 3 is 2.42 bits per heavy atom. The SMILES string of the molecule is CCCCc1ccc(S(=O)(=O)N2CC3(C)CC2CC(C)(C)C3)cc1. The highest BCUT2D eigenvalue weighted by molar-refractivity contribution is 7.89. The molecule has 2 unspecified atom stereocenters. The zero-order valence-corrected chi connectivity index (χ0v) is 16.3. The maximum absolute atomic E-state index is 13.2. The van der Waals surface area contributed by atoms with Gasteiger partial charge in [-0.1, -0.05) is 46.2 Å². The molecule has 1 aliphatic carbocycles. The molecule has 2 atom stereocenters. The van der Waals surface area contributed by atoms with Crippen LogP contribution in [0.1, 0.15) is 65.4 Å². The lowest BCUT2D eigenvalue weighted by molar-refractivity contribution is 0.133. The monoisotopic (exact) mass is 349 g/mol. The van der Waals surface area contributed by atoms with Gasteiger partial charge in [0.05, 0.1) is 4.90 Å². The molecule has 2 aliphatic rings. The molecule has 1 aromatic rings. The number of sulfonamides is 1. The molecule has 24 heavy (non-hydrogen) atoms. The fourth-order valence-corrected chi connectivity index (χ4v) is 6.81. The second kappa shape index (κ2) is 6.14. The van der Waals surface area contributed by atoms with Crippen molar-refractivity contribution in [3.05, 3.63) is 29.8 Å². The summed E-state index contributed by atoms with van der Waals surface area (Å²) in [4.78, 5) is 0.455. The zero-order valence-electron chi connectivity index (χ0n) is 15.5. The highest BCUT2D eigenvalue weighted by Gasteiger charge is 2.53. The van der Waals surface area contributed by atoms with Crippen molar-refractivity contribution in [3.8, 4) is 0 Å². The summed E-state index contributed by atoms with van der Waals surface area (Å²) in [7, 11) is -3.39. The van der Waals surface area contributed by atoms with E-state index in [2.05, 4.69) is 27.7 Å². The maximum Gasteiger partial charge on any atom is 0.243 e. The van der Waals surface area contributed by atoms with E-state index in [0.29, 0.717) is 11.4 Å². The molecule has 1 saturated carbocycles. The Morgan fingerprint density at radius 2 is 1.79 bits per heavy atom. The minimum atomic E-state index is -3.39. The summed E-state index contributed by atoms with van der Waals surface area (Å²) in [5.41, 5.74) is 1.58. The van der Waals surface area contributed by atoms with Gasteiger partial charge < -0.3 is 0 Å². The molecule has 0 N–H and O–H groups in total. The Bertz CT molecular complexity index is 693. The predicted octanol–water partition coefficient (Wildman–Crippen LogP) is 4.62. The standard InChI is InChI=1S/C20H31NO2S/c1-5-6-7-16-8-10-18(11-9-16)24(22,23)21-15-20(4)13-17(21)12-19(2,3)14-20/h8-11,17H,5-7,12-15H2,1-4H3. The smallest absolute Gasteiger partial charge is 0.207 e. The Hall–Kier alpha value is -0.870. The van der Waals surface area contributed by atoms with Crippen LogP contribution < -0.4 is 0 Å². The van der Waals surface area contributed by atoms with Gasteiger partial charge in [0.2, 0.25) is 10.0 Å². The van der Waals surface area contributed by atoms with E-state index in [1.165, 1.54) is 5.56 Å². The first-order chi connectivity index (χ1) is 11.2. The lowest BCUT2D eigenvalue weighted by atomic mass is 9.65. The third-order valence-corrected chi connectivity index (χ3v) is 7.63. The summed E-state index contributed by atoms with van der Waals surface area (Å²) in [5.74, 6) is 0. The minimum absolute atomic E-state index is 0.126. The minimum Gasteiger partial charge on any atom is -0.207 e. The third kappa shape index (κ3) is 3.41. The molecule has 0 amide bonds. The molecule has 0 radical (unpaired) electrons. The Labute approximate surface area is 147 Å². The number of aryl methyl sites for hydroxylation is 1.